The van der Waals surface area contributed by atoms with Crippen LogP contribution in [0.4, 0.5) is 0 Å². The first-order valence-electron chi connectivity index (χ1n) is 10.6. The molecule has 0 radical (unpaired) electrons. The highest BCUT2D eigenvalue weighted by Gasteiger charge is 2.14. The van der Waals surface area contributed by atoms with Crippen LogP contribution in [0.15, 0.2) is 53.7 Å². The largest absolute Gasteiger partial charge is 0.469 e. The summed E-state index contributed by atoms with van der Waals surface area (Å²) in [6, 6.07) is 10.1. The van der Waals surface area contributed by atoms with Gasteiger partial charge < -0.3 is 4.74 Å². The van der Waals surface area contributed by atoms with Crippen LogP contribution in [0.5, 0.6) is 0 Å². The van der Waals surface area contributed by atoms with Crippen LogP contribution in [-0.4, -0.2) is 33.0 Å². The fourth-order valence-electron chi connectivity index (χ4n) is 3.46. The van der Waals surface area contributed by atoms with E-state index in [0.717, 1.165) is 44.9 Å². The number of unbranched alkanes of at least 4 members (excludes halogenated alkanes) is 1. The maximum atomic E-state index is 12.3. The van der Waals surface area contributed by atoms with E-state index in [4.69, 9.17) is 16.3 Å². The lowest BCUT2D eigenvalue weighted by molar-refractivity contribution is -0.141. The number of nitrogens with one attached hydrogen (secondary N) is 1. The molecule has 2 rings (SSSR count). The molecule has 2 aromatic rings. The highest BCUT2D eigenvalue weighted by molar-refractivity contribution is 7.89. The van der Waals surface area contributed by atoms with Crippen molar-refractivity contribution in [2.45, 2.75) is 56.3 Å². The quantitative estimate of drug-likeness (QED) is 0.320. The van der Waals surface area contributed by atoms with Gasteiger partial charge in [-0.1, -0.05) is 36.9 Å². The van der Waals surface area contributed by atoms with Crippen LogP contribution in [0.1, 0.15) is 50.5 Å². The molecule has 170 valence electrons. The van der Waals surface area contributed by atoms with E-state index in [0.29, 0.717) is 23.9 Å². The van der Waals surface area contributed by atoms with Crippen LogP contribution >= 0.6 is 11.6 Å². The zero-order valence-electron chi connectivity index (χ0n) is 17.9. The van der Waals surface area contributed by atoms with E-state index in [1.807, 2.05) is 12.3 Å². The third kappa shape index (κ3) is 9.80. The summed E-state index contributed by atoms with van der Waals surface area (Å²) in [5.74, 6) is 0.219. The molecule has 0 saturated heterocycles. The van der Waals surface area contributed by atoms with Crippen LogP contribution in [0.2, 0.25) is 5.02 Å². The molecule has 0 aliphatic carbocycles. The number of nitrogens with zero attached hydrogens (tertiary/aromatic N) is 1. The first-order chi connectivity index (χ1) is 14.9. The number of benzene rings is 1. The van der Waals surface area contributed by atoms with Gasteiger partial charge in [0.2, 0.25) is 10.0 Å². The summed E-state index contributed by atoms with van der Waals surface area (Å²) >= 11 is 5.82. The minimum atomic E-state index is -3.52. The van der Waals surface area contributed by atoms with Gasteiger partial charge in [-0.05, 0) is 67.5 Å². The molecule has 1 aromatic heterocycles. The van der Waals surface area contributed by atoms with Gasteiger partial charge >= 0.3 is 5.97 Å². The Hall–Kier alpha value is -1.96. The number of methoxy groups -OCH3 is 1. The van der Waals surface area contributed by atoms with Gasteiger partial charge in [0.25, 0.3) is 0 Å². The van der Waals surface area contributed by atoms with Crippen LogP contribution in [0.25, 0.3) is 0 Å². The van der Waals surface area contributed by atoms with Crippen molar-refractivity contribution in [2.24, 2.45) is 5.92 Å². The fourth-order valence-corrected chi connectivity index (χ4v) is 4.66. The van der Waals surface area contributed by atoms with Gasteiger partial charge in [0.15, 0.2) is 0 Å². The minimum Gasteiger partial charge on any atom is -0.469 e. The normalized spacial score (nSPS) is 12.5. The highest BCUT2D eigenvalue weighted by atomic mass is 35.5. The molecule has 0 spiro atoms. The minimum absolute atomic E-state index is 0.187. The third-order valence-corrected chi connectivity index (χ3v) is 6.97. The second-order valence-corrected chi connectivity index (χ2v) is 9.79. The van der Waals surface area contributed by atoms with E-state index in [2.05, 4.69) is 15.8 Å². The maximum absolute atomic E-state index is 12.3. The number of aromatic nitrogens is 1. The predicted octanol–water partition coefficient (Wildman–Crippen LogP) is 4.78. The fraction of sp³-hybridized carbons (Fsp3) is 0.478. The number of hydrogen-bond donors (Lipinski definition) is 1. The number of sulfonamides is 1. The zero-order valence-corrected chi connectivity index (χ0v) is 19.5. The number of aryl methyl sites for hydroxylation is 1. The average molecular weight is 467 g/mol. The van der Waals surface area contributed by atoms with Crippen molar-refractivity contribution >= 4 is 27.6 Å². The van der Waals surface area contributed by atoms with Gasteiger partial charge in [0.05, 0.1) is 12.0 Å². The average Bonchev–Trinajstić information content (AvgIpc) is 2.77. The molecule has 31 heavy (non-hydrogen) atoms. The van der Waals surface area contributed by atoms with Gasteiger partial charge in [-0.15, -0.1) is 0 Å². The molecular formula is C23H31ClN2O4S. The molecule has 0 fully saturated rings. The molecule has 1 N–H and O–H groups in total. The molecule has 0 aliphatic heterocycles. The summed E-state index contributed by atoms with van der Waals surface area (Å²) in [6.45, 7) is 0.379. The van der Waals surface area contributed by atoms with E-state index in [-0.39, 0.29) is 10.9 Å². The first-order valence-corrected chi connectivity index (χ1v) is 12.5. The number of esters is 1. The molecule has 0 bridgehead atoms. The molecule has 1 unspecified atom stereocenters. The standard InChI is InChI=1S/C23H31ClN2O4S/c1-30-23(27)15-10-19(7-4-8-20-9-5-16-25-18-20)6-2-3-17-26-31(28,29)22-13-11-21(24)12-14-22/h5,9,11-14,16,18-19,26H,2-4,6-8,10,15,17H2,1H3. The van der Waals surface area contributed by atoms with Gasteiger partial charge in [-0.3, -0.25) is 9.78 Å². The Morgan fingerprint density at radius 1 is 1.10 bits per heavy atom. The topological polar surface area (TPSA) is 85.4 Å². The Bertz CT molecular complexity index is 890. The van der Waals surface area contributed by atoms with Gasteiger partial charge in [0.1, 0.15) is 0 Å². The van der Waals surface area contributed by atoms with Crippen LogP contribution in [0, 0.1) is 5.92 Å². The molecule has 0 aliphatic rings. The summed E-state index contributed by atoms with van der Waals surface area (Å²) in [5, 5.41) is 0.500. The van der Waals surface area contributed by atoms with E-state index in [1.54, 1.807) is 18.3 Å². The van der Waals surface area contributed by atoms with Gasteiger partial charge in [-0.2, -0.15) is 0 Å². The monoisotopic (exact) mass is 466 g/mol. The SMILES string of the molecule is COC(=O)CCC(CCCCNS(=O)(=O)c1ccc(Cl)cc1)CCCc1cccnc1. The lowest BCUT2D eigenvalue weighted by Crippen LogP contribution is -2.24. The summed E-state index contributed by atoms with van der Waals surface area (Å²) in [5.41, 5.74) is 1.21. The number of ether oxygens (including phenoxy) is 1. The Kier molecular flexibility index (Phi) is 11.0. The molecule has 1 heterocycles. The lowest BCUT2D eigenvalue weighted by atomic mass is 9.91. The number of rotatable bonds is 14. The summed E-state index contributed by atoms with van der Waals surface area (Å²) in [7, 11) is -2.11. The number of carbonyl (C=O) groups is 1. The first kappa shape index (κ1) is 25.3. The number of halogens is 1. The van der Waals surface area contributed by atoms with E-state index in [1.165, 1.54) is 24.8 Å². The molecular weight excluding hydrogens is 436 g/mol. The summed E-state index contributed by atoms with van der Waals surface area (Å²) in [6.07, 6.45) is 10.4. The molecule has 6 nitrogen and oxygen atoms in total. The van der Waals surface area contributed by atoms with Crippen LogP contribution in [-0.2, 0) is 26.0 Å². The molecule has 1 aromatic carbocycles. The van der Waals surface area contributed by atoms with Crippen molar-refractivity contribution < 1.29 is 17.9 Å². The zero-order chi connectivity index (χ0) is 22.5. The second kappa shape index (κ2) is 13.5. The Labute approximate surface area is 190 Å². The summed E-state index contributed by atoms with van der Waals surface area (Å²) < 4.78 is 32.0. The lowest BCUT2D eigenvalue weighted by Gasteiger charge is -2.16. The van der Waals surface area contributed by atoms with E-state index >= 15 is 0 Å². The molecule has 0 amide bonds. The van der Waals surface area contributed by atoms with Crippen molar-refractivity contribution in [3.63, 3.8) is 0 Å². The predicted molar refractivity (Wildman–Crippen MR) is 122 cm³/mol. The van der Waals surface area contributed by atoms with Crippen molar-refractivity contribution in [2.75, 3.05) is 13.7 Å². The van der Waals surface area contributed by atoms with Crippen LogP contribution in [0.3, 0.4) is 0 Å². The van der Waals surface area contributed by atoms with Gasteiger partial charge in [-0.25, -0.2) is 13.1 Å². The molecule has 1 atom stereocenters. The molecule has 8 heteroatoms. The third-order valence-electron chi connectivity index (χ3n) is 5.24. The van der Waals surface area contributed by atoms with Gasteiger partial charge in [0, 0.05) is 30.4 Å². The Balaban J connectivity index is 1.74. The van der Waals surface area contributed by atoms with Crippen molar-refractivity contribution in [1.82, 2.24) is 9.71 Å². The Morgan fingerprint density at radius 3 is 2.52 bits per heavy atom. The van der Waals surface area contributed by atoms with Crippen molar-refractivity contribution in [3.05, 3.63) is 59.4 Å². The highest BCUT2D eigenvalue weighted by Crippen LogP contribution is 2.22. The maximum Gasteiger partial charge on any atom is 0.305 e. The number of carbonyl (C=O) groups excluding carboxylic acids is 1. The number of hydrogen-bond acceptors (Lipinski definition) is 5. The summed E-state index contributed by atoms with van der Waals surface area (Å²) in [4.78, 5) is 15.9. The molecule has 0 saturated carbocycles. The van der Waals surface area contributed by atoms with E-state index < -0.39 is 10.0 Å². The van der Waals surface area contributed by atoms with Crippen molar-refractivity contribution in [1.29, 1.82) is 0 Å². The van der Waals surface area contributed by atoms with Crippen molar-refractivity contribution in [3.8, 4) is 0 Å². The van der Waals surface area contributed by atoms with E-state index in [9.17, 15) is 13.2 Å². The number of pyridine rings is 1. The van der Waals surface area contributed by atoms with Crippen LogP contribution < -0.4 is 4.72 Å². The second-order valence-electron chi connectivity index (χ2n) is 7.58. The smallest absolute Gasteiger partial charge is 0.305 e. The Morgan fingerprint density at radius 2 is 1.84 bits per heavy atom.